The molecule has 19 heavy (non-hydrogen) atoms. The summed E-state index contributed by atoms with van der Waals surface area (Å²) in [6, 6.07) is 0. The minimum absolute atomic E-state index is 0.253. The lowest BCUT2D eigenvalue weighted by atomic mass is 10.00. The Hall–Kier alpha value is -0.120. The molecular formula is C16H34O3. The first kappa shape index (κ1) is 18.9. The van der Waals surface area contributed by atoms with Gasteiger partial charge in [0.2, 0.25) is 0 Å². The normalized spacial score (nSPS) is 14.5. The summed E-state index contributed by atoms with van der Waals surface area (Å²) in [5.41, 5.74) is 0. The maximum absolute atomic E-state index is 9.83. The van der Waals surface area contributed by atoms with Gasteiger partial charge in [0.1, 0.15) is 0 Å². The molecule has 0 saturated heterocycles. The lowest BCUT2D eigenvalue weighted by Crippen LogP contribution is -2.25. The van der Waals surface area contributed by atoms with E-state index in [2.05, 4.69) is 6.92 Å². The summed E-state index contributed by atoms with van der Waals surface area (Å²) < 4.78 is 0. The summed E-state index contributed by atoms with van der Waals surface area (Å²) in [4.78, 5) is 0. The Balaban J connectivity index is 3.35. The van der Waals surface area contributed by atoms with E-state index < -0.39 is 12.2 Å². The molecule has 3 nitrogen and oxygen atoms in total. The van der Waals surface area contributed by atoms with Crippen molar-refractivity contribution in [2.75, 3.05) is 6.61 Å². The lowest BCUT2D eigenvalue weighted by Gasteiger charge is -2.17. The highest BCUT2D eigenvalue weighted by Gasteiger charge is 2.14. The molecule has 3 heteroatoms. The highest BCUT2D eigenvalue weighted by atomic mass is 16.3. The summed E-state index contributed by atoms with van der Waals surface area (Å²) in [5, 5.41) is 28.3. The Morgan fingerprint density at radius 1 is 0.632 bits per heavy atom. The van der Waals surface area contributed by atoms with Crippen LogP contribution in [0.5, 0.6) is 0 Å². The fraction of sp³-hybridized carbons (Fsp3) is 1.00. The molecule has 0 aliphatic heterocycles. The van der Waals surface area contributed by atoms with Crippen LogP contribution in [0.2, 0.25) is 0 Å². The summed E-state index contributed by atoms with van der Waals surface area (Å²) >= 11 is 0. The van der Waals surface area contributed by atoms with E-state index in [-0.39, 0.29) is 6.61 Å². The van der Waals surface area contributed by atoms with Crippen LogP contribution in [0.4, 0.5) is 0 Å². The SMILES string of the molecule is CCCCCCCC[C@@H](O)[C@H](O)CCCCCCO. The molecule has 0 aromatic heterocycles. The van der Waals surface area contributed by atoms with Crippen molar-refractivity contribution in [3.8, 4) is 0 Å². The summed E-state index contributed by atoms with van der Waals surface area (Å²) in [5.74, 6) is 0. The van der Waals surface area contributed by atoms with Crippen molar-refractivity contribution in [2.45, 2.75) is 96.2 Å². The van der Waals surface area contributed by atoms with Gasteiger partial charge in [-0.15, -0.1) is 0 Å². The summed E-state index contributed by atoms with van der Waals surface area (Å²) in [7, 11) is 0. The first-order valence-electron chi connectivity index (χ1n) is 8.19. The van der Waals surface area contributed by atoms with Gasteiger partial charge in [-0.05, 0) is 19.3 Å². The molecule has 0 aliphatic carbocycles. The maximum atomic E-state index is 9.83. The molecule has 0 aromatic carbocycles. The zero-order valence-corrected chi connectivity index (χ0v) is 12.7. The molecule has 0 fully saturated rings. The summed E-state index contributed by atoms with van der Waals surface area (Å²) in [6.07, 6.45) is 11.4. The van der Waals surface area contributed by atoms with Gasteiger partial charge in [-0.2, -0.15) is 0 Å². The van der Waals surface area contributed by atoms with Gasteiger partial charge in [0.05, 0.1) is 12.2 Å². The smallest absolute Gasteiger partial charge is 0.0799 e. The molecule has 116 valence electrons. The van der Waals surface area contributed by atoms with Crippen LogP contribution in [0.15, 0.2) is 0 Å². The van der Waals surface area contributed by atoms with E-state index >= 15 is 0 Å². The van der Waals surface area contributed by atoms with E-state index in [1.807, 2.05) is 0 Å². The lowest BCUT2D eigenvalue weighted by molar-refractivity contribution is 0.00709. The van der Waals surface area contributed by atoms with Crippen LogP contribution in [-0.2, 0) is 0 Å². The highest BCUT2D eigenvalue weighted by molar-refractivity contribution is 4.67. The molecule has 0 aromatic rings. The number of hydrogen-bond donors (Lipinski definition) is 3. The van der Waals surface area contributed by atoms with E-state index in [0.717, 1.165) is 38.5 Å². The fourth-order valence-electron chi connectivity index (χ4n) is 2.34. The van der Waals surface area contributed by atoms with Gasteiger partial charge in [-0.3, -0.25) is 0 Å². The van der Waals surface area contributed by atoms with Crippen LogP contribution in [0, 0.1) is 0 Å². The van der Waals surface area contributed by atoms with E-state index in [4.69, 9.17) is 5.11 Å². The molecule has 0 aliphatic rings. The minimum atomic E-state index is -0.565. The first-order chi connectivity index (χ1) is 9.22. The van der Waals surface area contributed by atoms with Crippen LogP contribution in [0.1, 0.15) is 84.0 Å². The van der Waals surface area contributed by atoms with Gasteiger partial charge >= 0.3 is 0 Å². The van der Waals surface area contributed by atoms with Crippen molar-refractivity contribution < 1.29 is 15.3 Å². The average molecular weight is 274 g/mol. The Morgan fingerprint density at radius 2 is 1.05 bits per heavy atom. The topological polar surface area (TPSA) is 60.7 Å². The number of unbranched alkanes of at least 4 members (excludes halogenated alkanes) is 8. The third kappa shape index (κ3) is 12.6. The molecule has 0 heterocycles. The molecule has 0 bridgehead atoms. The zero-order chi connectivity index (χ0) is 14.3. The Bertz CT molecular complexity index is 173. The van der Waals surface area contributed by atoms with Gasteiger partial charge in [0.25, 0.3) is 0 Å². The third-order valence-electron chi connectivity index (χ3n) is 3.71. The number of rotatable bonds is 14. The molecule has 0 unspecified atom stereocenters. The second-order valence-corrected chi connectivity index (χ2v) is 5.62. The predicted octanol–water partition coefficient (Wildman–Crippen LogP) is 3.40. The van der Waals surface area contributed by atoms with Gasteiger partial charge in [-0.25, -0.2) is 0 Å². The zero-order valence-electron chi connectivity index (χ0n) is 12.7. The maximum Gasteiger partial charge on any atom is 0.0799 e. The fourth-order valence-corrected chi connectivity index (χ4v) is 2.34. The van der Waals surface area contributed by atoms with Crippen LogP contribution in [0.25, 0.3) is 0 Å². The highest BCUT2D eigenvalue weighted by Crippen LogP contribution is 2.14. The molecule has 2 atom stereocenters. The van der Waals surface area contributed by atoms with Crippen LogP contribution < -0.4 is 0 Å². The van der Waals surface area contributed by atoms with Crippen molar-refractivity contribution in [1.82, 2.24) is 0 Å². The third-order valence-corrected chi connectivity index (χ3v) is 3.71. The average Bonchev–Trinajstić information content (AvgIpc) is 2.42. The van der Waals surface area contributed by atoms with Crippen LogP contribution in [-0.4, -0.2) is 34.1 Å². The molecule has 0 spiro atoms. The van der Waals surface area contributed by atoms with E-state index in [1.165, 1.54) is 32.1 Å². The van der Waals surface area contributed by atoms with Crippen molar-refractivity contribution in [3.05, 3.63) is 0 Å². The first-order valence-corrected chi connectivity index (χ1v) is 8.19. The van der Waals surface area contributed by atoms with Gasteiger partial charge < -0.3 is 15.3 Å². The van der Waals surface area contributed by atoms with Crippen molar-refractivity contribution in [2.24, 2.45) is 0 Å². The number of hydrogen-bond acceptors (Lipinski definition) is 3. The van der Waals surface area contributed by atoms with Gasteiger partial charge in [0.15, 0.2) is 0 Å². The monoisotopic (exact) mass is 274 g/mol. The van der Waals surface area contributed by atoms with Crippen molar-refractivity contribution in [1.29, 1.82) is 0 Å². The van der Waals surface area contributed by atoms with Crippen LogP contribution in [0.3, 0.4) is 0 Å². The summed E-state index contributed by atoms with van der Waals surface area (Å²) in [6.45, 7) is 2.46. The van der Waals surface area contributed by atoms with Crippen LogP contribution >= 0.6 is 0 Å². The second kappa shape index (κ2) is 14.3. The van der Waals surface area contributed by atoms with Gasteiger partial charge in [-0.1, -0.05) is 64.7 Å². The Kier molecular flexibility index (Phi) is 14.2. The Labute approximate surface area is 119 Å². The van der Waals surface area contributed by atoms with Crippen molar-refractivity contribution in [3.63, 3.8) is 0 Å². The predicted molar refractivity (Wildman–Crippen MR) is 80.2 cm³/mol. The number of aliphatic hydroxyl groups is 3. The molecular weight excluding hydrogens is 240 g/mol. The molecule has 3 N–H and O–H groups in total. The van der Waals surface area contributed by atoms with E-state index in [1.54, 1.807) is 0 Å². The quantitative estimate of drug-likeness (QED) is 0.425. The standard InChI is InChI=1S/C16H34O3/c1-2-3-4-5-6-9-12-15(18)16(19)13-10-7-8-11-14-17/h15-19H,2-14H2,1H3/t15-,16-/m1/s1. The Morgan fingerprint density at radius 3 is 1.53 bits per heavy atom. The second-order valence-electron chi connectivity index (χ2n) is 5.62. The number of aliphatic hydroxyl groups excluding tert-OH is 3. The minimum Gasteiger partial charge on any atom is -0.396 e. The molecule has 0 saturated carbocycles. The molecule has 0 radical (unpaired) electrons. The largest absolute Gasteiger partial charge is 0.396 e. The van der Waals surface area contributed by atoms with Gasteiger partial charge in [0, 0.05) is 6.61 Å². The van der Waals surface area contributed by atoms with E-state index in [9.17, 15) is 10.2 Å². The van der Waals surface area contributed by atoms with E-state index in [0.29, 0.717) is 6.42 Å². The van der Waals surface area contributed by atoms with Crippen molar-refractivity contribution >= 4 is 0 Å². The molecule has 0 amide bonds. The molecule has 0 rings (SSSR count).